The van der Waals surface area contributed by atoms with Gasteiger partial charge < -0.3 is 16.0 Å². The Balaban J connectivity index is 2.49. The van der Waals surface area contributed by atoms with Crippen LogP contribution in [0, 0.1) is 0 Å². The van der Waals surface area contributed by atoms with E-state index in [0.717, 1.165) is 19.4 Å². The predicted octanol–water partition coefficient (Wildman–Crippen LogP) is 0.358. The fourth-order valence-electron chi connectivity index (χ4n) is 2.11. The molecule has 0 bridgehead atoms. The molecule has 0 aromatic carbocycles. The zero-order valence-electron chi connectivity index (χ0n) is 9.48. The van der Waals surface area contributed by atoms with Gasteiger partial charge in [-0.1, -0.05) is 5.16 Å². The lowest BCUT2D eigenvalue weighted by molar-refractivity contribution is -0.0267. The van der Waals surface area contributed by atoms with Crippen molar-refractivity contribution in [2.75, 3.05) is 13.1 Å². The molecule has 1 aliphatic rings. The lowest BCUT2D eigenvalue weighted by atomic mass is 9.93. The van der Waals surface area contributed by atoms with Crippen LogP contribution in [0.5, 0.6) is 0 Å². The summed E-state index contributed by atoms with van der Waals surface area (Å²) >= 11 is 0. The molecule has 0 saturated carbocycles. The molecule has 1 rings (SSSR count). The standard InChI is InChI=1S/C10H21N3O2/c1-8(6-9(11)12-15)13-5-3-4-10(2,14)7-13/h8,14-15H,3-7H2,1-2H3,(H2,11,12). The van der Waals surface area contributed by atoms with E-state index in [9.17, 15) is 5.11 Å². The number of hydrogen-bond donors (Lipinski definition) is 3. The number of nitrogens with zero attached hydrogens (tertiary/aromatic N) is 2. The topological polar surface area (TPSA) is 82.1 Å². The smallest absolute Gasteiger partial charge is 0.140 e. The van der Waals surface area contributed by atoms with Crippen LogP contribution in [0.1, 0.15) is 33.1 Å². The number of likely N-dealkylation sites (tertiary alicyclic amines) is 1. The molecule has 0 aliphatic carbocycles. The molecule has 88 valence electrons. The number of hydrogen-bond acceptors (Lipinski definition) is 4. The molecule has 0 radical (unpaired) electrons. The van der Waals surface area contributed by atoms with Crippen molar-refractivity contribution in [3.8, 4) is 0 Å². The lowest BCUT2D eigenvalue weighted by Crippen LogP contribution is -2.50. The minimum atomic E-state index is -0.600. The maximum atomic E-state index is 9.93. The number of piperidine rings is 1. The van der Waals surface area contributed by atoms with Gasteiger partial charge in [-0.25, -0.2) is 0 Å². The molecule has 4 N–H and O–H groups in total. The molecule has 5 heteroatoms. The molecular formula is C10H21N3O2. The van der Waals surface area contributed by atoms with Gasteiger partial charge in [-0.2, -0.15) is 0 Å². The van der Waals surface area contributed by atoms with Crippen LogP contribution in [0.25, 0.3) is 0 Å². The van der Waals surface area contributed by atoms with Crippen molar-refractivity contribution in [2.45, 2.75) is 44.8 Å². The minimum Gasteiger partial charge on any atom is -0.409 e. The summed E-state index contributed by atoms with van der Waals surface area (Å²) in [5, 5.41) is 21.4. The van der Waals surface area contributed by atoms with Crippen molar-refractivity contribution in [1.29, 1.82) is 0 Å². The highest BCUT2D eigenvalue weighted by atomic mass is 16.4. The summed E-state index contributed by atoms with van der Waals surface area (Å²) in [6.07, 6.45) is 2.37. The van der Waals surface area contributed by atoms with E-state index in [-0.39, 0.29) is 11.9 Å². The Morgan fingerprint density at radius 2 is 2.33 bits per heavy atom. The van der Waals surface area contributed by atoms with Gasteiger partial charge in [0.05, 0.1) is 5.60 Å². The van der Waals surface area contributed by atoms with E-state index in [4.69, 9.17) is 10.9 Å². The summed E-state index contributed by atoms with van der Waals surface area (Å²) in [6, 6.07) is 0.202. The number of β-amino-alcohol motifs (C(OH)–C–C–N with tert-alkyl or cyclic N) is 1. The first-order valence-electron chi connectivity index (χ1n) is 5.37. The Hall–Kier alpha value is -0.810. The van der Waals surface area contributed by atoms with Gasteiger partial charge in [0.15, 0.2) is 0 Å². The second-order valence-corrected chi connectivity index (χ2v) is 4.72. The van der Waals surface area contributed by atoms with Crippen LogP contribution in [0.15, 0.2) is 5.16 Å². The van der Waals surface area contributed by atoms with Gasteiger partial charge in [-0.05, 0) is 33.2 Å². The van der Waals surface area contributed by atoms with Gasteiger partial charge in [0.25, 0.3) is 0 Å². The van der Waals surface area contributed by atoms with Crippen LogP contribution in [-0.4, -0.2) is 45.8 Å². The molecular weight excluding hydrogens is 194 g/mol. The second kappa shape index (κ2) is 4.81. The van der Waals surface area contributed by atoms with Gasteiger partial charge in [0, 0.05) is 19.0 Å². The SMILES string of the molecule is CC(CC(N)=NO)N1CCCC(C)(O)C1. The van der Waals surface area contributed by atoms with E-state index in [2.05, 4.69) is 10.1 Å². The van der Waals surface area contributed by atoms with Gasteiger partial charge in [0.1, 0.15) is 5.84 Å². The van der Waals surface area contributed by atoms with Crippen LogP contribution in [-0.2, 0) is 0 Å². The van der Waals surface area contributed by atoms with Crippen LogP contribution in [0.3, 0.4) is 0 Å². The number of aliphatic hydroxyl groups is 1. The molecule has 1 heterocycles. The molecule has 1 aliphatic heterocycles. The Morgan fingerprint density at radius 3 is 2.87 bits per heavy atom. The van der Waals surface area contributed by atoms with Crippen molar-refractivity contribution < 1.29 is 10.3 Å². The molecule has 0 aromatic heterocycles. The highest BCUT2D eigenvalue weighted by molar-refractivity contribution is 5.80. The molecule has 15 heavy (non-hydrogen) atoms. The fraction of sp³-hybridized carbons (Fsp3) is 0.900. The molecule has 2 atom stereocenters. The summed E-state index contributed by atoms with van der Waals surface area (Å²) in [7, 11) is 0. The molecule has 1 fully saturated rings. The first kappa shape index (κ1) is 12.3. The highest BCUT2D eigenvalue weighted by Crippen LogP contribution is 2.22. The van der Waals surface area contributed by atoms with E-state index < -0.39 is 5.60 Å². The van der Waals surface area contributed by atoms with E-state index in [0.29, 0.717) is 13.0 Å². The van der Waals surface area contributed by atoms with Crippen LogP contribution >= 0.6 is 0 Å². The predicted molar refractivity (Wildman–Crippen MR) is 58.9 cm³/mol. The van der Waals surface area contributed by atoms with Crippen molar-refractivity contribution in [3.63, 3.8) is 0 Å². The average molecular weight is 215 g/mol. The van der Waals surface area contributed by atoms with E-state index in [1.807, 2.05) is 13.8 Å². The highest BCUT2D eigenvalue weighted by Gasteiger charge is 2.30. The summed E-state index contributed by atoms with van der Waals surface area (Å²) in [4.78, 5) is 2.18. The minimum absolute atomic E-state index is 0.202. The second-order valence-electron chi connectivity index (χ2n) is 4.72. The Kier molecular flexibility index (Phi) is 3.93. The van der Waals surface area contributed by atoms with Crippen molar-refractivity contribution in [1.82, 2.24) is 4.90 Å². The maximum absolute atomic E-state index is 9.93. The van der Waals surface area contributed by atoms with E-state index in [1.165, 1.54) is 0 Å². The summed E-state index contributed by atoms with van der Waals surface area (Å²) in [5.74, 6) is 0.243. The molecule has 0 aromatic rings. The van der Waals surface area contributed by atoms with Gasteiger partial charge in [-0.15, -0.1) is 0 Å². The van der Waals surface area contributed by atoms with Crippen molar-refractivity contribution in [2.24, 2.45) is 10.9 Å². The maximum Gasteiger partial charge on any atom is 0.140 e. The van der Waals surface area contributed by atoms with Crippen molar-refractivity contribution in [3.05, 3.63) is 0 Å². The number of rotatable bonds is 3. The van der Waals surface area contributed by atoms with Crippen LogP contribution in [0.4, 0.5) is 0 Å². The summed E-state index contributed by atoms with van der Waals surface area (Å²) < 4.78 is 0. The van der Waals surface area contributed by atoms with Crippen LogP contribution < -0.4 is 5.73 Å². The van der Waals surface area contributed by atoms with E-state index >= 15 is 0 Å². The van der Waals surface area contributed by atoms with E-state index in [1.54, 1.807) is 0 Å². The van der Waals surface area contributed by atoms with Crippen molar-refractivity contribution >= 4 is 5.84 Å². The summed E-state index contributed by atoms with van der Waals surface area (Å²) in [5.41, 5.74) is 4.86. The monoisotopic (exact) mass is 215 g/mol. The molecule has 0 amide bonds. The zero-order chi connectivity index (χ0) is 11.5. The first-order chi connectivity index (χ1) is 6.94. The number of oxime groups is 1. The Labute approximate surface area is 90.6 Å². The quantitative estimate of drug-likeness (QED) is 0.275. The normalized spacial score (nSPS) is 31.5. The first-order valence-corrected chi connectivity index (χ1v) is 5.37. The third-order valence-corrected chi connectivity index (χ3v) is 2.96. The third kappa shape index (κ3) is 3.68. The largest absolute Gasteiger partial charge is 0.409 e. The molecule has 5 nitrogen and oxygen atoms in total. The number of nitrogens with two attached hydrogens (primary N) is 1. The molecule has 0 spiro atoms. The average Bonchev–Trinajstić information content (AvgIpc) is 2.16. The van der Waals surface area contributed by atoms with Gasteiger partial charge in [0.2, 0.25) is 0 Å². The fourth-order valence-corrected chi connectivity index (χ4v) is 2.11. The summed E-state index contributed by atoms with van der Waals surface area (Å²) in [6.45, 7) is 5.51. The third-order valence-electron chi connectivity index (χ3n) is 2.96. The van der Waals surface area contributed by atoms with Crippen LogP contribution in [0.2, 0.25) is 0 Å². The Bertz CT molecular complexity index is 241. The molecule has 1 saturated heterocycles. The number of amidine groups is 1. The lowest BCUT2D eigenvalue weighted by Gasteiger charge is -2.40. The van der Waals surface area contributed by atoms with Gasteiger partial charge in [-0.3, -0.25) is 4.90 Å². The van der Waals surface area contributed by atoms with Gasteiger partial charge >= 0.3 is 0 Å². The Morgan fingerprint density at radius 1 is 1.67 bits per heavy atom. The zero-order valence-corrected chi connectivity index (χ0v) is 9.48. The molecule has 2 unspecified atom stereocenters.